The van der Waals surface area contributed by atoms with E-state index in [0.29, 0.717) is 5.56 Å². The molecule has 1 aromatic carbocycles. The van der Waals surface area contributed by atoms with E-state index in [0.717, 1.165) is 11.3 Å². The monoisotopic (exact) mass is 277 g/mol. The molecule has 100 valence electrons. The topological polar surface area (TPSA) is 69.6 Å². The van der Waals surface area contributed by atoms with Gasteiger partial charge < -0.3 is 15.5 Å². The summed E-state index contributed by atoms with van der Waals surface area (Å²) in [5.74, 6) is -0.797. The van der Waals surface area contributed by atoms with Crippen molar-refractivity contribution < 1.29 is 15.0 Å². The molecular formula is C14H15NO3S. The first-order valence-corrected chi connectivity index (χ1v) is 6.86. The van der Waals surface area contributed by atoms with Gasteiger partial charge in [-0.1, -0.05) is 13.0 Å². The summed E-state index contributed by atoms with van der Waals surface area (Å²) >= 11 is 1.59. The first-order valence-electron chi connectivity index (χ1n) is 5.98. The Morgan fingerprint density at radius 3 is 2.68 bits per heavy atom. The highest BCUT2D eigenvalue weighted by Gasteiger charge is 2.15. The molecule has 1 heterocycles. The lowest BCUT2D eigenvalue weighted by Gasteiger charge is -2.15. The molecular weight excluding hydrogens is 262 g/mol. The molecule has 0 aliphatic carbocycles. The second kappa shape index (κ2) is 5.75. The van der Waals surface area contributed by atoms with Crippen LogP contribution in [0.4, 0.5) is 0 Å². The highest BCUT2D eigenvalue weighted by atomic mass is 32.1. The van der Waals surface area contributed by atoms with E-state index in [2.05, 4.69) is 5.32 Å². The van der Waals surface area contributed by atoms with E-state index in [4.69, 9.17) is 0 Å². The molecule has 0 saturated heterocycles. The highest BCUT2D eigenvalue weighted by molar-refractivity contribution is 7.10. The molecule has 0 aliphatic rings. The third-order valence-corrected chi connectivity index (χ3v) is 3.82. The Labute approximate surface area is 115 Å². The second-order valence-corrected chi connectivity index (χ2v) is 5.13. The summed E-state index contributed by atoms with van der Waals surface area (Å²) in [6, 6.07) is 7.92. The molecule has 2 aromatic rings. The number of carbonyl (C=O) groups is 1. The lowest BCUT2D eigenvalue weighted by Crippen LogP contribution is -2.27. The van der Waals surface area contributed by atoms with E-state index in [-0.39, 0.29) is 23.4 Å². The average Bonchev–Trinajstić information content (AvgIpc) is 2.92. The predicted octanol–water partition coefficient (Wildman–Crippen LogP) is 3.04. The molecule has 2 rings (SSSR count). The van der Waals surface area contributed by atoms with Crippen LogP contribution in [0.2, 0.25) is 0 Å². The summed E-state index contributed by atoms with van der Waals surface area (Å²) in [4.78, 5) is 13.2. The van der Waals surface area contributed by atoms with Gasteiger partial charge in [0.05, 0.1) is 6.04 Å². The Balaban J connectivity index is 2.13. The Kier molecular flexibility index (Phi) is 4.06. The minimum atomic E-state index is -0.295. The van der Waals surface area contributed by atoms with Crippen molar-refractivity contribution in [1.82, 2.24) is 5.32 Å². The van der Waals surface area contributed by atoms with E-state index in [1.54, 1.807) is 11.3 Å². The third-order valence-electron chi connectivity index (χ3n) is 2.84. The normalized spacial score (nSPS) is 12.1. The SMILES string of the molecule is CCC(NC(=O)c1ccc(O)c(O)c1)c1cccs1. The largest absolute Gasteiger partial charge is 0.504 e. The zero-order valence-corrected chi connectivity index (χ0v) is 11.3. The maximum absolute atomic E-state index is 12.1. The van der Waals surface area contributed by atoms with Crippen LogP contribution >= 0.6 is 11.3 Å². The molecule has 0 saturated carbocycles. The number of phenols is 2. The molecule has 1 amide bonds. The van der Waals surface area contributed by atoms with E-state index >= 15 is 0 Å². The summed E-state index contributed by atoms with van der Waals surface area (Å²) in [6.45, 7) is 2.00. The number of rotatable bonds is 4. The van der Waals surface area contributed by atoms with Gasteiger partial charge in [-0.25, -0.2) is 0 Å². The van der Waals surface area contributed by atoms with Gasteiger partial charge in [-0.15, -0.1) is 11.3 Å². The molecule has 19 heavy (non-hydrogen) atoms. The van der Waals surface area contributed by atoms with Gasteiger partial charge in [0.2, 0.25) is 0 Å². The first kappa shape index (κ1) is 13.4. The summed E-state index contributed by atoms with van der Waals surface area (Å²) in [6.07, 6.45) is 0.788. The van der Waals surface area contributed by atoms with Crippen molar-refractivity contribution in [3.05, 3.63) is 46.2 Å². The number of amides is 1. The van der Waals surface area contributed by atoms with Crippen molar-refractivity contribution in [3.8, 4) is 11.5 Å². The molecule has 1 atom stereocenters. The van der Waals surface area contributed by atoms with Gasteiger partial charge in [0.1, 0.15) is 0 Å². The molecule has 5 heteroatoms. The standard InChI is InChI=1S/C14H15NO3S/c1-2-10(13-4-3-7-19-13)15-14(18)9-5-6-11(16)12(17)8-9/h3-8,10,16-17H,2H2,1H3,(H,15,18). The smallest absolute Gasteiger partial charge is 0.251 e. The van der Waals surface area contributed by atoms with Crippen LogP contribution in [0.1, 0.15) is 34.6 Å². The van der Waals surface area contributed by atoms with Crippen LogP contribution in [-0.2, 0) is 0 Å². The van der Waals surface area contributed by atoms with Crippen LogP contribution in [0.15, 0.2) is 35.7 Å². The van der Waals surface area contributed by atoms with Crippen LogP contribution in [-0.4, -0.2) is 16.1 Å². The molecule has 0 radical (unpaired) electrons. The molecule has 1 unspecified atom stereocenters. The molecule has 0 bridgehead atoms. The number of phenolic OH excluding ortho intramolecular Hbond substituents is 2. The van der Waals surface area contributed by atoms with Gasteiger partial charge in [0.25, 0.3) is 5.91 Å². The zero-order valence-electron chi connectivity index (χ0n) is 10.5. The van der Waals surface area contributed by atoms with Gasteiger partial charge >= 0.3 is 0 Å². The van der Waals surface area contributed by atoms with Crippen LogP contribution < -0.4 is 5.32 Å². The van der Waals surface area contributed by atoms with E-state index in [1.807, 2.05) is 24.4 Å². The molecule has 0 fully saturated rings. The number of carbonyl (C=O) groups excluding carboxylic acids is 1. The fourth-order valence-electron chi connectivity index (χ4n) is 1.77. The van der Waals surface area contributed by atoms with E-state index < -0.39 is 0 Å². The molecule has 3 N–H and O–H groups in total. The molecule has 1 aromatic heterocycles. The molecule has 0 spiro atoms. The van der Waals surface area contributed by atoms with Gasteiger partial charge in [-0.05, 0) is 36.1 Å². The number of hydrogen-bond donors (Lipinski definition) is 3. The van der Waals surface area contributed by atoms with Crippen molar-refractivity contribution in [2.45, 2.75) is 19.4 Å². The summed E-state index contributed by atoms with van der Waals surface area (Å²) < 4.78 is 0. The van der Waals surface area contributed by atoms with Crippen molar-refractivity contribution in [1.29, 1.82) is 0 Å². The number of hydrogen-bond acceptors (Lipinski definition) is 4. The number of thiophene rings is 1. The second-order valence-electron chi connectivity index (χ2n) is 4.15. The van der Waals surface area contributed by atoms with Crippen LogP contribution in [0, 0.1) is 0 Å². The average molecular weight is 277 g/mol. The fraction of sp³-hybridized carbons (Fsp3) is 0.214. The Bertz CT molecular complexity index is 566. The van der Waals surface area contributed by atoms with Crippen molar-refractivity contribution in [2.75, 3.05) is 0 Å². The fourth-order valence-corrected chi connectivity index (χ4v) is 2.63. The molecule has 4 nitrogen and oxygen atoms in total. The summed E-state index contributed by atoms with van der Waals surface area (Å²) in [5.41, 5.74) is 0.324. The Morgan fingerprint density at radius 1 is 1.32 bits per heavy atom. The third kappa shape index (κ3) is 3.06. The zero-order chi connectivity index (χ0) is 13.8. The van der Waals surface area contributed by atoms with Gasteiger partial charge in [0, 0.05) is 10.4 Å². The maximum Gasteiger partial charge on any atom is 0.251 e. The summed E-state index contributed by atoms with van der Waals surface area (Å²) in [5, 5.41) is 23.5. The van der Waals surface area contributed by atoms with Crippen LogP contribution in [0.5, 0.6) is 11.5 Å². The highest BCUT2D eigenvalue weighted by Crippen LogP contribution is 2.26. The van der Waals surface area contributed by atoms with Gasteiger partial charge in [-0.2, -0.15) is 0 Å². The lowest BCUT2D eigenvalue weighted by molar-refractivity contribution is 0.0936. The number of benzene rings is 1. The number of aromatic hydroxyl groups is 2. The van der Waals surface area contributed by atoms with Crippen molar-refractivity contribution in [2.24, 2.45) is 0 Å². The van der Waals surface area contributed by atoms with Crippen molar-refractivity contribution >= 4 is 17.2 Å². The minimum Gasteiger partial charge on any atom is -0.504 e. The predicted molar refractivity (Wildman–Crippen MR) is 74.6 cm³/mol. The minimum absolute atomic E-state index is 0.0385. The van der Waals surface area contributed by atoms with Crippen molar-refractivity contribution in [3.63, 3.8) is 0 Å². The quantitative estimate of drug-likeness (QED) is 0.752. The summed E-state index contributed by atoms with van der Waals surface area (Å²) in [7, 11) is 0. The first-order chi connectivity index (χ1) is 9.11. The van der Waals surface area contributed by atoms with Crippen LogP contribution in [0.25, 0.3) is 0 Å². The van der Waals surface area contributed by atoms with Gasteiger partial charge in [0.15, 0.2) is 11.5 Å². The maximum atomic E-state index is 12.1. The molecule has 0 aliphatic heterocycles. The number of nitrogens with one attached hydrogen (secondary N) is 1. The lowest BCUT2D eigenvalue weighted by atomic mass is 10.1. The van der Waals surface area contributed by atoms with E-state index in [9.17, 15) is 15.0 Å². The Hall–Kier alpha value is -2.01. The van der Waals surface area contributed by atoms with Crippen LogP contribution in [0.3, 0.4) is 0 Å². The van der Waals surface area contributed by atoms with Gasteiger partial charge in [-0.3, -0.25) is 4.79 Å². The van der Waals surface area contributed by atoms with E-state index in [1.165, 1.54) is 18.2 Å². The Morgan fingerprint density at radius 2 is 2.11 bits per heavy atom.